The van der Waals surface area contributed by atoms with Crippen molar-refractivity contribution in [2.75, 3.05) is 0 Å². The fraction of sp³-hybridized carbons (Fsp3) is 0.615. The lowest BCUT2D eigenvalue weighted by atomic mass is 10.1. The van der Waals surface area contributed by atoms with E-state index in [0.29, 0.717) is 24.3 Å². The first-order chi connectivity index (χ1) is 9.26. The van der Waals surface area contributed by atoms with Crippen molar-refractivity contribution in [1.82, 2.24) is 18.7 Å². The monoisotopic (exact) mass is 279 g/mol. The third-order valence-corrected chi connectivity index (χ3v) is 3.12. The van der Waals surface area contributed by atoms with Crippen LogP contribution in [0.1, 0.15) is 27.2 Å². The van der Waals surface area contributed by atoms with Crippen molar-refractivity contribution < 1.29 is 0 Å². The van der Waals surface area contributed by atoms with Gasteiger partial charge in [-0.1, -0.05) is 6.92 Å². The molecule has 2 rings (SSSR count). The van der Waals surface area contributed by atoms with E-state index in [1.165, 1.54) is 11.6 Å². The summed E-state index contributed by atoms with van der Waals surface area (Å²) in [6.45, 7) is 6.73. The molecule has 7 heteroatoms. The number of rotatable bonds is 4. The van der Waals surface area contributed by atoms with Crippen molar-refractivity contribution in [2.24, 2.45) is 12.8 Å². The molecule has 110 valence electrons. The summed E-state index contributed by atoms with van der Waals surface area (Å²) in [6.07, 6.45) is 2.37. The number of hydrogen-bond acceptors (Lipinski definition) is 4. The number of aromatic nitrogens is 4. The van der Waals surface area contributed by atoms with Crippen LogP contribution in [0.25, 0.3) is 11.2 Å². The topological polar surface area (TPSA) is 87.8 Å². The van der Waals surface area contributed by atoms with E-state index in [4.69, 9.17) is 5.73 Å². The third kappa shape index (κ3) is 2.40. The maximum absolute atomic E-state index is 12.3. The molecule has 0 saturated carbocycles. The van der Waals surface area contributed by atoms with Gasteiger partial charge >= 0.3 is 5.69 Å². The molecule has 0 aromatic carbocycles. The molecule has 2 heterocycles. The Labute approximate surface area is 116 Å². The summed E-state index contributed by atoms with van der Waals surface area (Å²) in [7, 11) is 1.49. The van der Waals surface area contributed by atoms with Crippen LogP contribution in [0.3, 0.4) is 0 Å². The summed E-state index contributed by atoms with van der Waals surface area (Å²) >= 11 is 0. The van der Waals surface area contributed by atoms with Crippen LogP contribution >= 0.6 is 0 Å². The number of nitrogens with two attached hydrogens (primary N) is 1. The Morgan fingerprint density at radius 1 is 1.35 bits per heavy atom. The lowest BCUT2D eigenvalue weighted by Gasteiger charge is -2.19. The van der Waals surface area contributed by atoms with Crippen LogP contribution in [0.2, 0.25) is 0 Å². The molecule has 0 unspecified atom stereocenters. The number of imidazole rings is 1. The maximum Gasteiger partial charge on any atom is 0.332 e. The minimum atomic E-state index is -0.468. The van der Waals surface area contributed by atoms with Crippen LogP contribution in [-0.4, -0.2) is 24.2 Å². The summed E-state index contributed by atoms with van der Waals surface area (Å²) in [5.41, 5.74) is 5.74. The Kier molecular flexibility index (Phi) is 3.56. The molecule has 0 fully saturated rings. The second-order valence-corrected chi connectivity index (χ2v) is 5.83. The normalized spacial score (nSPS) is 12.2. The highest BCUT2D eigenvalue weighted by molar-refractivity contribution is 5.70. The van der Waals surface area contributed by atoms with Gasteiger partial charge in [0.15, 0.2) is 11.2 Å². The smallest absolute Gasteiger partial charge is 0.324 e. The van der Waals surface area contributed by atoms with Gasteiger partial charge in [-0.05, 0) is 20.3 Å². The predicted octanol–water partition coefficient (Wildman–Crippen LogP) is 0.0440. The molecule has 0 aliphatic carbocycles. The lowest BCUT2D eigenvalue weighted by Crippen LogP contribution is -2.40. The number of fused-ring (bicyclic) bond motifs is 1. The van der Waals surface area contributed by atoms with Crippen LogP contribution in [0.4, 0.5) is 0 Å². The Balaban J connectivity index is 2.79. The molecule has 0 amide bonds. The average molecular weight is 279 g/mol. The summed E-state index contributed by atoms with van der Waals surface area (Å²) in [6, 6.07) is 0. The molecule has 0 aliphatic heterocycles. The molecule has 2 N–H and O–H groups in total. The molecule has 20 heavy (non-hydrogen) atoms. The van der Waals surface area contributed by atoms with Crippen molar-refractivity contribution >= 4 is 11.2 Å². The van der Waals surface area contributed by atoms with Crippen molar-refractivity contribution in [3.63, 3.8) is 0 Å². The van der Waals surface area contributed by atoms with Gasteiger partial charge < -0.3 is 10.3 Å². The van der Waals surface area contributed by atoms with E-state index < -0.39 is 5.54 Å². The Hall–Kier alpha value is -1.89. The molecular formula is C13H21N5O2. The zero-order valence-corrected chi connectivity index (χ0v) is 12.4. The second-order valence-electron chi connectivity index (χ2n) is 5.83. The number of nitrogens with zero attached hydrogens (tertiary/aromatic N) is 4. The SMILES string of the molecule is CCCn1c(=O)n(C)c(=O)c2c1ncn2CC(C)(C)N. The Bertz CT molecular complexity index is 745. The minimum absolute atomic E-state index is 0.332. The van der Waals surface area contributed by atoms with Crippen molar-refractivity contribution in [1.29, 1.82) is 0 Å². The third-order valence-electron chi connectivity index (χ3n) is 3.12. The van der Waals surface area contributed by atoms with Crippen LogP contribution < -0.4 is 17.0 Å². The van der Waals surface area contributed by atoms with Crippen molar-refractivity contribution in [2.45, 2.75) is 45.8 Å². The lowest BCUT2D eigenvalue weighted by molar-refractivity contribution is 0.439. The van der Waals surface area contributed by atoms with Crippen molar-refractivity contribution in [3.8, 4) is 0 Å². The molecule has 7 nitrogen and oxygen atoms in total. The van der Waals surface area contributed by atoms with Gasteiger partial charge in [0.25, 0.3) is 5.56 Å². The Morgan fingerprint density at radius 2 is 2.00 bits per heavy atom. The first kappa shape index (κ1) is 14.5. The maximum atomic E-state index is 12.3. The number of hydrogen-bond donors (Lipinski definition) is 1. The summed E-state index contributed by atoms with van der Waals surface area (Å²) < 4.78 is 4.39. The van der Waals surface area contributed by atoms with Gasteiger partial charge in [-0.25, -0.2) is 9.78 Å². The fourth-order valence-corrected chi connectivity index (χ4v) is 2.29. The summed E-state index contributed by atoms with van der Waals surface area (Å²) in [4.78, 5) is 28.7. The predicted molar refractivity (Wildman–Crippen MR) is 77.8 cm³/mol. The van der Waals surface area contributed by atoms with Crippen LogP contribution in [-0.2, 0) is 20.1 Å². The van der Waals surface area contributed by atoms with Gasteiger partial charge in [0.05, 0.1) is 6.33 Å². The second kappa shape index (κ2) is 4.90. The van der Waals surface area contributed by atoms with Gasteiger partial charge in [-0.3, -0.25) is 13.9 Å². The zero-order valence-electron chi connectivity index (χ0n) is 12.4. The highest BCUT2D eigenvalue weighted by Crippen LogP contribution is 2.10. The standard InChI is InChI=1S/C13H21N5O2/c1-5-6-18-10-9(11(19)16(4)12(18)20)17(8-15-10)7-13(2,3)14/h8H,5-7,14H2,1-4H3. The van der Waals surface area contributed by atoms with Gasteiger partial charge in [-0.2, -0.15) is 0 Å². The zero-order chi connectivity index (χ0) is 15.1. The van der Waals surface area contributed by atoms with E-state index in [1.54, 1.807) is 10.9 Å². The van der Waals surface area contributed by atoms with E-state index in [2.05, 4.69) is 4.98 Å². The molecule has 0 atom stereocenters. The molecular weight excluding hydrogens is 258 g/mol. The van der Waals surface area contributed by atoms with Gasteiger partial charge in [0, 0.05) is 25.7 Å². The van der Waals surface area contributed by atoms with E-state index >= 15 is 0 Å². The van der Waals surface area contributed by atoms with Crippen LogP contribution in [0.5, 0.6) is 0 Å². The molecule has 0 bridgehead atoms. The fourth-order valence-electron chi connectivity index (χ4n) is 2.29. The minimum Gasteiger partial charge on any atom is -0.324 e. The average Bonchev–Trinajstić information content (AvgIpc) is 2.73. The highest BCUT2D eigenvalue weighted by Gasteiger charge is 2.19. The first-order valence-electron chi connectivity index (χ1n) is 6.70. The summed E-state index contributed by atoms with van der Waals surface area (Å²) in [5.74, 6) is 0. The number of aryl methyl sites for hydroxylation is 1. The van der Waals surface area contributed by atoms with E-state index in [-0.39, 0.29) is 11.2 Å². The molecule has 2 aromatic rings. The molecule has 2 aromatic heterocycles. The molecule has 0 spiro atoms. The Morgan fingerprint density at radius 3 is 2.55 bits per heavy atom. The van der Waals surface area contributed by atoms with Gasteiger partial charge in [0.1, 0.15) is 0 Å². The van der Waals surface area contributed by atoms with Crippen LogP contribution in [0.15, 0.2) is 15.9 Å². The van der Waals surface area contributed by atoms with Crippen molar-refractivity contribution in [3.05, 3.63) is 27.2 Å². The molecule has 0 radical (unpaired) electrons. The van der Waals surface area contributed by atoms with E-state index in [9.17, 15) is 9.59 Å². The molecule has 0 aliphatic rings. The largest absolute Gasteiger partial charge is 0.332 e. The van der Waals surface area contributed by atoms with E-state index in [0.717, 1.165) is 11.0 Å². The molecule has 0 saturated heterocycles. The first-order valence-corrected chi connectivity index (χ1v) is 6.70. The van der Waals surface area contributed by atoms with Crippen LogP contribution in [0, 0.1) is 0 Å². The highest BCUT2D eigenvalue weighted by atomic mass is 16.2. The quantitative estimate of drug-likeness (QED) is 0.856. The van der Waals surface area contributed by atoms with Gasteiger partial charge in [-0.15, -0.1) is 0 Å². The van der Waals surface area contributed by atoms with E-state index in [1.807, 2.05) is 20.8 Å². The summed E-state index contributed by atoms with van der Waals surface area (Å²) in [5, 5.41) is 0. The van der Waals surface area contributed by atoms with Gasteiger partial charge in [0.2, 0.25) is 0 Å².